The van der Waals surface area contributed by atoms with Crippen molar-refractivity contribution in [2.24, 2.45) is 10.6 Å². The summed E-state index contributed by atoms with van der Waals surface area (Å²) in [5, 5.41) is 13.7. The summed E-state index contributed by atoms with van der Waals surface area (Å²) in [6.07, 6.45) is 0.748. The number of carbonyl (C=O) groups is 1. The van der Waals surface area contributed by atoms with Crippen LogP contribution in [0.15, 0.2) is 126 Å². The summed E-state index contributed by atoms with van der Waals surface area (Å²) in [6.45, 7) is 4.86. The van der Waals surface area contributed by atoms with Crippen LogP contribution < -0.4 is 39.0 Å². The topological polar surface area (TPSA) is 103 Å². The summed E-state index contributed by atoms with van der Waals surface area (Å²) in [5.41, 5.74) is 5.06. The maximum absolute atomic E-state index is 12.0. The van der Waals surface area contributed by atoms with Gasteiger partial charge in [-0.25, -0.2) is 14.8 Å². The molecule has 6 aromatic rings. The van der Waals surface area contributed by atoms with Crippen LogP contribution >= 0.6 is 0 Å². The third-order valence-electron chi connectivity index (χ3n) is 8.04. The fourth-order valence-electron chi connectivity index (χ4n) is 5.72. The number of esters is 1. The van der Waals surface area contributed by atoms with Crippen molar-refractivity contribution < 1.29 is 55.2 Å². The Balaban J connectivity index is 0.00000270. The van der Waals surface area contributed by atoms with E-state index in [1.165, 1.54) is 0 Å². The molecule has 0 amide bonds. The average molecular weight is 650 g/mol. The minimum absolute atomic E-state index is 0. The number of ether oxygens (including phenoxy) is 3. The van der Waals surface area contributed by atoms with Crippen LogP contribution in [0, 0.1) is 5.41 Å². The van der Waals surface area contributed by atoms with Crippen LogP contribution in [0.25, 0.3) is 21.8 Å². The molecule has 0 fully saturated rings. The average Bonchev–Trinajstić information content (AvgIpc) is 3.10. The number of rotatable bonds is 12. The number of fused-ring (bicyclic) bond motifs is 2. The molecule has 4 aromatic carbocycles. The van der Waals surface area contributed by atoms with Crippen molar-refractivity contribution in [2.75, 3.05) is 6.61 Å². The van der Waals surface area contributed by atoms with E-state index in [4.69, 9.17) is 29.4 Å². The van der Waals surface area contributed by atoms with Gasteiger partial charge in [-0.3, -0.25) is 0 Å². The largest absolute Gasteiger partial charge is 1.00 e. The molecule has 0 atom stereocenters. The summed E-state index contributed by atoms with van der Waals surface area (Å²) in [6, 6.07) is 39.9. The first-order valence-electron chi connectivity index (χ1n) is 15.4. The normalized spacial score (nSPS) is 11.5. The number of aromatic nitrogens is 2. The Bertz CT molecular complexity index is 1890. The molecule has 9 heteroatoms. The molecule has 0 saturated carbocycles. The van der Waals surface area contributed by atoms with Crippen LogP contribution in [0.2, 0.25) is 0 Å². The molecular weight excluding hydrogens is 613 g/mol. The SMILES string of the molecule is CC(C)(COC(=O)C=NO)C(c1ccc(OCc2ccc3ccccc3n2)cc1)c1ccc(OCc2ccc3ccccc3n2)cc1.[H-].[Na+]. The van der Waals surface area contributed by atoms with Crippen LogP contribution in [0.4, 0.5) is 0 Å². The number of para-hydroxylation sites is 2. The van der Waals surface area contributed by atoms with Gasteiger partial charge in [0.05, 0.1) is 29.0 Å². The number of nitrogens with zero attached hydrogens (tertiary/aromatic N) is 3. The van der Waals surface area contributed by atoms with E-state index in [1.807, 2.05) is 135 Å². The molecule has 0 aliphatic carbocycles. The van der Waals surface area contributed by atoms with Gasteiger partial charge in [-0.1, -0.05) is 91.8 Å². The molecule has 0 aliphatic heterocycles. The molecule has 8 nitrogen and oxygen atoms in total. The molecule has 0 radical (unpaired) electrons. The van der Waals surface area contributed by atoms with Crippen molar-refractivity contribution in [3.05, 3.63) is 144 Å². The first-order chi connectivity index (χ1) is 22.9. The van der Waals surface area contributed by atoms with Crippen LogP contribution in [-0.2, 0) is 22.7 Å². The Hall–Kier alpha value is -4.76. The first kappa shape index (κ1) is 34.6. The van der Waals surface area contributed by atoms with Gasteiger partial charge < -0.3 is 20.8 Å². The molecule has 238 valence electrons. The van der Waals surface area contributed by atoms with E-state index >= 15 is 0 Å². The molecule has 0 spiro atoms. The van der Waals surface area contributed by atoms with Gasteiger partial charge in [-0.05, 0) is 59.7 Å². The maximum atomic E-state index is 12.0. The molecule has 0 saturated heterocycles. The standard InChI is InChI=1S/C39H35N3O5.Na.H/c1-39(2,26-47-37(43)23-40-44)38(29-13-19-33(20-14-29)45-24-31-17-11-27-7-3-5-9-35(27)41-31)30-15-21-34(22-16-30)46-25-32-18-12-28-8-4-6-10-36(28)42-32;;/h3-23,38,44H,24-26H2,1-2H3;;/q;+1;-1. The van der Waals surface area contributed by atoms with Crippen LogP contribution in [0.3, 0.4) is 0 Å². The van der Waals surface area contributed by atoms with E-state index in [9.17, 15) is 4.79 Å². The van der Waals surface area contributed by atoms with Crippen molar-refractivity contribution in [2.45, 2.75) is 33.0 Å². The van der Waals surface area contributed by atoms with Crippen LogP contribution in [-0.4, -0.2) is 34.0 Å². The molecule has 2 aromatic heterocycles. The smallest absolute Gasteiger partial charge is 1.00 e. The third-order valence-corrected chi connectivity index (χ3v) is 8.04. The summed E-state index contributed by atoms with van der Waals surface area (Å²) in [4.78, 5) is 21.4. The fourth-order valence-corrected chi connectivity index (χ4v) is 5.72. The van der Waals surface area contributed by atoms with Gasteiger partial charge in [-0.2, -0.15) is 0 Å². The Labute approximate surface area is 303 Å². The van der Waals surface area contributed by atoms with Crippen molar-refractivity contribution in [1.82, 2.24) is 9.97 Å². The van der Waals surface area contributed by atoms with E-state index in [-0.39, 0.29) is 43.5 Å². The monoisotopic (exact) mass is 649 g/mol. The summed E-state index contributed by atoms with van der Waals surface area (Å²) in [5.74, 6) is 0.569. The quantitative estimate of drug-likeness (QED) is 0.0638. The van der Waals surface area contributed by atoms with Gasteiger partial charge >= 0.3 is 35.5 Å². The Morgan fingerprint density at radius 1 is 0.729 bits per heavy atom. The van der Waals surface area contributed by atoms with Crippen LogP contribution in [0.5, 0.6) is 11.5 Å². The maximum Gasteiger partial charge on any atom is 1.00 e. The predicted molar refractivity (Wildman–Crippen MR) is 183 cm³/mol. The van der Waals surface area contributed by atoms with Gasteiger partial charge in [0, 0.05) is 22.1 Å². The first-order valence-corrected chi connectivity index (χ1v) is 15.4. The van der Waals surface area contributed by atoms with E-state index in [0.717, 1.165) is 62.0 Å². The molecule has 0 bridgehead atoms. The minimum atomic E-state index is -0.712. The van der Waals surface area contributed by atoms with Crippen molar-refractivity contribution in [3.63, 3.8) is 0 Å². The molecule has 1 N–H and O–H groups in total. The third kappa shape index (κ3) is 8.58. The van der Waals surface area contributed by atoms with Gasteiger partial charge in [0.25, 0.3) is 0 Å². The number of hydrogen-bond donors (Lipinski definition) is 1. The number of carbonyl (C=O) groups excluding carboxylic acids is 1. The number of hydrogen-bond acceptors (Lipinski definition) is 8. The van der Waals surface area contributed by atoms with Crippen molar-refractivity contribution >= 4 is 34.0 Å². The van der Waals surface area contributed by atoms with E-state index < -0.39 is 11.4 Å². The van der Waals surface area contributed by atoms with Crippen molar-refractivity contribution in [3.8, 4) is 11.5 Å². The summed E-state index contributed by atoms with van der Waals surface area (Å²) in [7, 11) is 0. The van der Waals surface area contributed by atoms with Gasteiger partial charge in [0.2, 0.25) is 0 Å². The number of pyridine rings is 2. The zero-order valence-corrected chi connectivity index (χ0v) is 29.2. The number of benzene rings is 4. The predicted octanol–water partition coefficient (Wildman–Crippen LogP) is 5.22. The van der Waals surface area contributed by atoms with E-state index in [2.05, 4.69) is 5.16 Å². The Morgan fingerprint density at radius 2 is 1.19 bits per heavy atom. The second kappa shape index (κ2) is 15.9. The van der Waals surface area contributed by atoms with Crippen LogP contribution in [0.1, 0.15) is 43.7 Å². The molecular formula is C39H36N3NaO5. The van der Waals surface area contributed by atoms with Gasteiger partial charge in [0.1, 0.15) is 24.7 Å². The molecule has 6 rings (SSSR count). The van der Waals surface area contributed by atoms with E-state index in [0.29, 0.717) is 13.2 Å². The summed E-state index contributed by atoms with van der Waals surface area (Å²) < 4.78 is 17.6. The molecule has 0 unspecified atom stereocenters. The minimum Gasteiger partial charge on any atom is -1.00 e. The molecule has 2 heterocycles. The number of oxime groups is 1. The molecule has 0 aliphatic rings. The Morgan fingerprint density at radius 3 is 1.65 bits per heavy atom. The Kier molecular flexibility index (Phi) is 11.4. The zero-order valence-electron chi connectivity index (χ0n) is 28.2. The van der Waals surface area contributed by atoms with Gasteiger partial charge in [-0.15, -0.1) is 0 Å². The van der Waals surface area contributed by atoms with Gasteiger partial charge in [0.15, 0.2) is 6.21 Å². The second-order valence-electron chi connectivity index (χ2n) is 12.0. The summed E-state index contributed by atoms with van der Waals surface area (Å²) >= 11 is 0. The zero-order chi connectivity index (χ0) is 32.6. The van der Waals surface area contributed by atoms with E-state index in [1.54, 1.807) is 0 Å². The molecule has 48 heavy (non-hydrogen) atoms. The fraction of sp³-hybridized carbons (Fsp3) is 0.179. The van der Waals surface area contributed by atoms with Crippen molar-refractivity contribution in [1.29, 1.82) is 0 Å². The second-order valence-corrected chi connectivity index (χ2v) is 12.0.